The first-order chi connectivity index (χ1) is 12.5. The fraction of sp³-hybridized carbons (Fsp3) is 0.222. The topological polar surface area (TPSA) is 105 Å². The van der Waals surface area contributed by atoms with E-state index in [9.17, 15) is 9.59 Å². The molecular formula is C18H16N2O6. The lowest BCUT2D eigenvalue weighted by atomic mass is 10.1. The maximum absolute atomic E-state index is 11.8. The van der Waals surface area contributed by atoms with E-state index >= 15 is 0 Å². The van der Waals surface area contributed by atoms with Gasteiger partial charge in [-0.1, -0.05) is 34.6 Å². The van der Waals surface area contributed by atoms with Gasteiger partial charge in [0.05, 0.1) is 11.4 Å². The van der Waals surface area contributed by atoms with Crippen LogP contribution in [0.3, 0.4) is 0 Å². The highest BCUT2D eigenvalue weighted by Crippen LogP contribution is 2.11. The Morgan fingerprint density at radius 3 is 1.50 bits per heavy atom. The summed E-state index contributed by atoms with van der Waals surface area (Å²) in [6, 6.07) is 10.1. The van der Waals surface area contributed by atoms with Crippen molar-refractivity contribution >= 4 is 11.9 Å². The first kappa shape index (κ1) is 17.4. The van der Waals surface area contributed by atoms with Crippen molar-refractivity contribution in [1.29, 1.82) is 0 Å². The SMILES string of the molecule is Cc1cc(C(=O)OCc2ccc(COC(=O)c3cc(C)no3)cc2)on1. The van der Waals surface area contributed by atoms with Crippen LogP contribution in [0.25, 0.3) is 0 Å². The van der Waals surface area contributed by atoms with Crippen LogP contribution in [0.15, 0.2) is 45.4 Å². The standard InChI is InChI=1S/C18H16N2O6/c1-11-7-15(25-19-11)17(21)23-9-13-3-5-14(6-4-13)10-24-18(22)16-8-12(2)20-26-16/h3-8H,9-10H2,1-2H3. The van der Waals surface area contributed by atoms with E-state index in [0.717, 1.165) is 11.1 Å². The summed E-state index contributed by atoms with van der Waals surface area (Å²) in [4.78, 5) is 23.6. The lowest BCUT2D eigenvalue weighted by Gasteiger charge is -2.05. The molecule has 0 bridgehead atoms. The number of nitrogens with zero attached hydrogens (tertiary/aromatic N) is 2. The summed E-state index contributed by atoms with van der Waals surface area (Å²) >= 11 is 0. The minimum atomic E-state index is -0.578. The van der Waals surface area contributed by atoms with E-state index in [1.165, 1.54) is 12.1 Å². The third kappa shape index (κ3) is 4.35. The summed E-state index contributed by atoms with van der Waals surface area (Å²) in [7, 11) is 0. The first-order valence-corrected chi connectivity index (χ1v) is 7.80. The van der Waals surface area contributed by atoms with E-state index in [-0.39, 0.29) is 24.7 Å². The van der Waals surface area contributed by atoms with Gasteiger partial charge in [0, 0.05) is 12.1 Å². The molecule has 0 aliphatic carbocycles. The fourth-order valence-electron chi connectivity index (χ4n) is 2.09. The van der Waals surface area contributed by atoms with Crippen LogP contribution in [0.5, 0.6) is 0 Å². The Kier molecular flexibility index (Phi) is 5.12. The zero-order chi connectivity index (χ0) is 18.5. The van der Waals surface area contributed by atoms with Crippen molar-refractivity contribution < 1.29 is 28.1 Å². The minimum absolute atomic E-state index is 0.0636. The van der Waals surface area contributed by atoms with Gasteiger partial charge < -0.3 is 18.5 Å². The van der Waals surface area contributed by atoms with Gasteiger partial charge in [0.25, 0.3) is 0 Å². The molecule has 0 aliphatic heterocycles. The van der Waals surface area contributed by atoms with Crippen LogP contribution in [0.4, 0.5) is 0 Å². The van der Waals surface area contributed by atoms with E-state index in [2.05, 4.69) is 10.3 Å². The molecule has 0 spiro atoms. The lowest BCUT2D eigenvalue weighted by molar-refractivity contribution is 0.0414. The van der Waals surface area contributed by atoms with E-state index in [1.54, 1.807) is 38.1 Å². The van der Waals surface area contributed by atoms with Crippen molar-refractivity contribution in [3.63, 3.8) is 0 Å². The molecular weight excluding hydrogens is 340 g/mol. The average Bonchev–Trinajstić information content (AvgIpc) is 3.27. The van der Waals surface area contributed by atoms with Crippen LogP contribution in [0.1, 0.15) is 43.6 Å². The molecule has 8 heteroatoms. The van der Waals surface area contributed by atoms with Crippen LogP contribution >= 0.6 is 0 Å². The Labute approximate surface area is 148 Å². The van der Waals surface area contributed by atoms with Crippen molar-refractivity contribution in [2.24, 2.45) is 0 Å². The summed E-state index contributed by atoms with van der Waals surface area (Å²) in [6.45, 7) is 3.62. The molecule has 0 amide bonds. The fourth-order valence-corrected chi connectivity index (χ4v) is 2.09. The summed E-state index contributed by atoms with van der Waals surface area (Å²) in [5.74, 6) is -1.03. The molecule has 0 unspecified atom stereocenters. The van der Waals surface area contributed by atoms with Gasteiger partial charge in [-0.15, -0.1) is 0 Å². The van der Waals surface area contributed by atoms with Gasteiger partial charge in [0.1, 0.15) is 13.2 Å². The van der Waals surface area contributed by atoms with Crippen molar-refractivity contribution in [2.45, 2.75) is 27.1 Å². The lowest BCUT2D eigenvalue weighted by Crippen LogP contribution is -2.05. The van der Waals surface area contributed by atoms with Gasteiger partial charge in [-0.25, -0.2) is 9.59 Å². The van der Waals surface area contributed by atoms with Crippen LogP contribution in [-0.4, -0.2) is 22.3 Å². The minimum Gasteiger partial charge on any atom is -0.455 e. The molecule has 0 saturated heterocycles. The highest BCUT2D eigenvalue weighted by molar-refractivity contribution is 5.86. The van der Waals surface area contributed by atoms with E-state index in [1.807, 2.05) is 0 Å². The average molecular weight is 356 g/mol. The quantitative estimate of drug-likeness (QED) is 0.621. The second-order valence-corrected chi connectivity index (χ2v) is 5.63. The predicted octanol–water partition coefficient (Wildman–Crippen LogP) is 2.99. The van der Waals surface area contributed by atoms with Gasteiger partial charge in [0.2, 0.25) is 11.5 Å². The largest absolute Gasteiger partial charge is 0.455 e. The van der Waals surface area contributed by atoms with Crippen molar-refractivity contribution in [3.8, 4) is 0 Å². The molecule has 0 atom stereocenters. The number of carbonyl (C=O) groups is 2. The summed E-state index contributed by atoms with van der Waals surface area (Å²) < 4.78 is 20.0. The number of benzene rings is 1. The Morgan fingerprint density at radius 1 is 0.808 bits per heavy atom. The van der Waals surface area contributed by atoms with Crippen molar-refractivity contribution in [2.75, 3.05) is 0 Å². The maximum Gasteiger partial charge on any atom is 0.377 e. The van der Waals surface area contributed by atoms with E-state index < -0.39 is 11.9 Å². The molecule has 0 saturated carbocycles. The highest BCUT2D eigenvalue weighted by Gasteiger charge is 2.14. The zero-order valence-electron chi connectivity index (χ0n) is 14.2. The molecule has 134 valence electrons. The van der Waals surface area contributed by atoms with Crippen molar-refractivity contribution in [3.05, 3.63) is 70.4 Å². The Bertz CT molecular complexity index is 835. The monoisotopic (exact) mass is 356 g/mol. The Balaban J connectivity index is 1.48. The van der Waals surface area contributed by atoms with Gasteiger partial charge in [0.15, 0.2) is 0 Å². The first-order valence-electron chi connectivity index (χ1n) is 7.80. The molecule has 26 heavy (non-hydrogen) atoms. The number of carbonyl (C=O) groups excluding carboxylic acids is 2. The number of ether oxygens (including phenoxy) is 2. The van der Waals surface area contributed by atoms with Gasteiger partial charge in [-0.3, -0.25) is 0 Å². The van der Waals surface area contributed by atoms with Gasteiger partial charge >= 0.3 is 11.9 Å². The molecule has 3 aromatic rings. The molecule has 1 aromatic carbocycles. The van der Waals surface area contributed by atoms with Gasteiger partial charge in [-0.05, 0) is 25.0 Å². The smallest absolute Gasteiger partial charge is 0.377 e. The molecule has 0 fully saturated rings. The summed E-state index contributed by atoms with van der Waals surface area (Å²) in [5, 5.41) is 7.27. The number of aryl methyl sites for hydroxylation is 2. The molecule has 0 N–H and O–H groups in total. The number of hydrogen-bond acceptors (Lipinski definition) is 8. The second kappa shape index (κ2) is 7.64. The molecule has 8 nitrogen and oxygen atoms in total. The van der Waals surface area contributed by atoms with Gasteiger partial charge in [-0.2, -0.15) is 0 Å². The van der Waals surface area contributed by atoms with Crippen LogP contribution in [-0.2, 0) is 22.7 Å². The summed E-state index contributed by atoms with van der Waals surface area (Å²) in [5.41, 5.74) is 2.79. The molecule has 0 aliphatic rings. The number of hydrogen-bond donors (Lipinski definition) is 0. The third-order valence-electron chi connectivity index (χ3n) is 3.42. The zero-order valence-corrected chi connectivity index (χ0v) is 14.2. The van der Waals surface area contributed by atoms with Crippen molar-refractivity contribution in [1.82, 2.24) is 10.3 Å². The molecule has 2 heterocycles. The van der Waals surface area contributed by atoms with Crippen LogP contribution in [0, 0.1) is 13.8 Å². The number of aromatic nitrogens is 2. The molecule has 2 aromatic heterocycles. The maximum atomic E-state index is 11.8. The summed E-state index contributed by atoms with van der Waals surface area (Å²) in [6.07, 6.45) is 0. The normalized spacial score (nSPS) is 10.5. The second-order valence-electron chi connectivity index (χ2n) is 5.63. The van der Waals surface area contributed by atoms with Crippen LogP contribution < -0.4 is 0 Å². The third-order valence-corrected chi connectivity index (χ3v) is 3.42. The predicted molar refractivity (Wildman–Crippen MR) is 87.2 cm³/mol. The Morgan fingerprint density at radius 2 is 1.19 bits per heavy atom. The van der Waals surface area contributed by atoms with E-state index in [4.69, 9.17) is 18.5 Å². The molecule has 3 rings (SSSR count). The highest BCUT2D eigenvalue weighted by atomic mass is 16.6. The number of rotatable bonds is 6. The molecule has 0 radical (unpaired) electrons. The van der Waals surface area contributed by atoms with Crippen LogP contribution in [0.2, 0.25) is 0 Å². The van der Waals surface area contributed by atoms with E-state index in [0.29, 0.717) is 11.4 Å². The Hall–Kier alpha value is -3.42. The number of esters is 2.